The number of nitriles is 2. The maximum absolute atomic E-state index is 16.4. The zero-order valence-corrected chi connectivity index (χ0v) is 43.1. The molecule has 0 bridgehead atoms. The van der Waals surface area contributed by atoms with Crippen molar-refractivity contribution in [1.82, 2.24) is 10.6 Å². The molecule has 2 spiro atoms. The van der Waals surface area contributed by atoms with Crippen molar-refractivity contribution in [2.45, 2.75) is 109 Å². The highest BCUT2D eigenvalue weighted by Gasteiger charge is 2.64. The molecule has 2 aliphatic heterocycles. The fourth-order valence-electron chi connectivity index (χ4n) is 10.6. The van der Waals surface area contributed by atoms with Crippen molar-refractivity contribution in [2.24, 2.45) is 10.8 Å². The average Bonchev–Trinajstić information content (AvgIpc) is 3.71. The molecule has 4 amide bonds. The lowest BCUT2D eigenvalue weighted by molar-refractivity contribution is -0.140. The number of thiocarbonyl (C=S) groups is 2. The van der Waals surface area contributed by atoms with E-state index < -0.39 is 79.3 Å². The summed E-state index contributed by atoms with van der Waals surface area (Å²) in [5, 5.41) is 23.6. The fourth-order valence-corrected chi connectivity index (χ4v) is 11.7. The van der Waals surface area contributed by atoms with Crippen LogP contribution in [0.1, 0.15) is 112 Å². The number of nitrogens with one attached hydrogen (secondary N) is 2. The lowest BCUT2D eigenvalue weighted by Crippen LogP contribution is -2.58. The molecule has 2 N–H and O–H groups in total. The summed E-state index contributed by atoms with van der Waals surface area (Å²) in [6, 6.07) is 20.1. The number of rotatable bonds is 13. The van der Waals surface area contributed by atoms with E-state index in [9.17, 15) is 38.1 Å². The molecule has 0 unspecified atom stereocenters. The number of hydrogen-bond donors (Lipinski definition) is 2. The number of hydrogen-bond acceptors (Lipinski definition) is 8. The summed E-state index contributed by atoms with van der Waals surface area (Å²) in [4.78, 5) is 60.4. The molecule has 12 nitrogen and oxygen atoms in total. The Morgan fingerprint density at radius 1 is 0.726 bits per heavy atom. The van der Waals surface area contributed by atoms with Gasteiger partial charge in [0.2, 0.25) is 11.8 Å². The molecular formula is C53H50ClF5N8O4S2. The largest absolute Gasteiger partial charge is 0.420 e. The number of carbonyl (C=O) groups is 4. The van der Waals surface area contributed by atoms with E-state index in [1.165, 1.54) is 23.1 Å². The number of carbonyl (C=O) groups excluding carboxylic acids is 4. The summed E-state index contributed by atoms with van der Waals surface area (Å²) in [7, 11) is 3.11. The Hall–Kier alpha value is -6.54. The Morgan fingerprint density at radius 2 is 1.22 bits per heavy atom. The van der Waals surface area contributed by atoms with Crippen molar-refractivity contribution in [1.29, 1.82) is 10.5 Å². The van der Waals surface area contributed by atoms with E-state index in [1.54, 1.807) is 63.2 Å². The van der Waals surface area contributed by atoms with Gasteiger partial charge < -0.3 is 20.4 Å². The minimum atomic E-state index is -5.30. The summed E-state index contributed by atoms with van der Waals surface area (Å²) < 4.78 is 75.6. The van der Waals surface area contributed by atoms with Crippen LogP contribution in [0.3, 0.4) is 0 Å². The van der Waals surface area contributed by atoms with Gasteiger partial charge in [-0.1, -0.05) is 57.5 Å². The number of halogens is 6. The van der Waals surface area contributed by atoms with E-state index >= 15 is 13.6 Å². The van der Waals surface area contributed by atoms with Gasteiger partial charge in [0.15, 0.2) is 21.9 Å². The first-order chi connectivity index (χ1) is 34.3. The van der Waals surface area contributed by atoms with Crippen LogP contribution < -0.4 is 30.2 Å². The molecule has 0 radical (unpaired) electrons. The van der Waals surface area contributed by atoms with Gasteiger partial charge in [-0.3, -0.25) is 29.0 Å². The Balaban J connectivity index is 1.22. The van der Waals surface area contributed by atoms with Crippen LogP contribution in [0.15, 0.2) is 66.7 Å². The molecule has 2 aliphatic carbocycles. The minimum Gasteiger partial charge on any atom is -0.359 e. The zero-order valence-electron chi connectivity index (χ0n) is 40.7. The van der Waals surface area contributed by atoms with Gasteiger partial charge in [-0.15, -0.1) is 0 Å². The highest BCUT2D eigenvalue weighted by atomic mass is 35.5. The van der Waals surface area contributed by atoms with Crippen LogP contribution in [0.4, 0.5) is 44.7 Å². The molecular weight excluding hydrogens is 1010 g/mol. The normalized spacial score (nSPS) is 19.6. The van der Waals surface area contributed by atoms with Crippen molar-refractivity contribution in [3.05, 3.63) is 117 Å². The molecule has 8 rings (SSSR count). The Labute approximate surface area is 435 Å². The average molecular weight is 1060 g/mol. The third-order valence-corrected chi connectivity index (χ3v) is 16.2. The van der Waals surface area contributed by atoms with Crippen molar-refractivity contribution >= 4 is 92.6 Å². The standard InChI is InChI=1S/C53H50ClF5N8O4S2/c1-49(2,43(68)62-5)22-18-29-8-13-34(14-9-29)66-47(72)64(37-16-11-31(27-60)39(41(37)55)53(57,58)59)46(71)52(66)25-33(26-52)36-24-35(15-10-30(36)19-23-50(3,4)44(69)63-6)67-48(73)65(45(70)51(67)20-7-21-51)38-17-12-32(28-61)40(54)42(38)56/h8-17,24,33H,7,18-23,25-26H2,1-6H3,(H,62,68)(H,63,69). The molecule has 2 saturated heterocycles. The van der Waals surface area contributed by atoms with E-state index in [0.29, 0.717) is 61.9 Å². The third kappa shape index (κ3) is 8.66. The number of amides is 4. The molecule has 73 heavy (non-hydrogen) atoms. The first-order valence-electron chi connectivity index (χ1n) is 23.6. The van der Waals surface area contributed by atoms with Crippen LogP contribution in [0.5, 0.6) is 0 Å². The van der Waals surface area contributed by atoms with Gasteiger partial charge in [-0.25, -0.2) is 8.78 Å². The topological polar surface area (TPSA) is 153 Å². The SMILES string of the molecule is CNC(=O)C(C)(C)CCc1ccc(N2C(=S)N(c3ccc(C#N)c(C(F)(F)F)c3F)C(=O)C23CC(c2cc(N4C(=S)N(c5ccc(C#N)c(Cl)c5F)C(=O)C45CCC5)ccc2CCC(C)(C)C(=O)NC)C3)cc1. The van der Waals surface area contributed by atoms with Crippen LogP contribution in [0, 0.1) is 45.1 Å². The summed E-state index contributed by atoms with van der Waals surface area (Å²) in [5.41, 5.74) is -5.00. The molecule has 4 aromatic carbocycles. The Kier molecular flexibility index (Phi) is 13.8. The highest BCUT2D eigenvalue weighted by Crippen LogP contribution is 2.57. The smallest absolute Gasteiger partial charge is 0.359 e. The second-order valence-corrected chi connectivity index (χ2v) is 21.4. The lowest BCUT2D eigenvalue weighted by Gasteiger charge is -2.49. The molecule has 0 aromatic heterocycles. The summed E-state index contributed by atoms with van der Waals surface area (Å²) in [5.74, 6) is -4.91. The van der Waals surface area contributed by atoms with Gasteiger partial charge in [-0.05, 0) is 153 Å². The van der Waals surface area contributed by atoms with Crippen LogP contribution in [0.25, 0.3) is 0 Å². The third-order valence-electron chi connectivity index (χ3n) is 15.1. The van der Waals surface area contributed by atoms with Gasteiger partial charge in [0, 0.05) is 36.3 Å². The van der Waals surface area contributed by atoms with Gasteiger partial charge in [0.25, 0.3) is 11.8 Å². The predicted molar refractivity (Wildman–Crippen MR) is 274 cm³/mol. The van der Waals surface area contributed by atoms with Crippen molar-refractivity contribution in [2.75, 3.05) is 33.7 Å². The molecule has 2 saturated carbocycles. The quantitative estimate of drug-likeness (QED) is 0.0978. The van der Waals surface area contributed by atoms with E-state index in [0.717, 1.165) is 33.1 Å². The highest BCUT2D eigenvalue weighted by molar-refractivity contribution is 7.81. The number of aryl methyl sites for hydroxylation is 2. The van der Waals surface area contributed by atoms with E-state index in [4.69, 9.17) is 36.0 Å². The summed E-state index contributed by atoms with van der Waals surface area (Å²) in [6.07, 6.45) is -2.13. The second kappa shape index (κ2) is 19.1. The summed E-state index contributed by atoms with van der Waals surface area (Å²) in [6.45, 7) is 7.26. The van der Waals surface area contributed by atoms with Gasteiger partial charge in [0.1, 0.15) is 22.7 Å². The van der Waals surface area contributed by atoms with Crippen LogP contribution in [-0.2, 0) is 38.2 Å². The molecule has 4 aliphatic rings. The fraction of sp³-hybridized carbons (Fsp3) is 0.396. The van der Waals surface area contributed by atoms with Crippen molar-refractivity contribution in [3.63, 3.8) is 0 Å². The molecule has 2 heterocycles. The lowest BCUT2D eigenvalue weighted by atomic mass is 9.63. The van der Waals surface area contributed by atoms with Crippen LogP contribution in [-0.4, -0.2) is 59.0 Å². The van der Waals surface area contributed by atoms with Crippen molar-refractivity contribution in [3.8, 4) is 12.1 Å². The number of benzene rings is 4. The first kappa shape index (κ1) is 52.8. The molecule has 4 fully saturated rings. The van der Waals surface area contributed by atoms with Crippen LogP contribution in [0.2, 0.25) is 5.02 Å². The van der Waals surface area contributed by atoms with Crippen molar-refractivity contribution < 1.29 is 41.1 Å². The van der Waals surface area contributed by atoms with Gasteiger partial charge in [-0.2, -0.15) is 23.7 Å². The van der Waals surface area contributed by atoms with E-state index in [2.05, 4.69) is 10.6 Å². The maximum atomic E-state index is 16.4. The summed E-state index contributed by atoms with van der Waals surface area (Å²) >= 11 is 18.2. The van der Waals surface area contributed by atoms with E-state index in [1.807, 2.05) is 32.0 Å². The van der Waals surface area contributed by atoms with Crippen LogP contribution >= 0.6 is 36.0 Å². The maximum Gasteiger partial charge on any atom is 0.420 e. The molecule has 20 heteroatoms. The van der Waals surface area contributed by atoms with E-state index in [-0.39, 0.29) is 46.1 Å². The predicted octanol–water partition coefficient (Wildman–Crippen LogP) is 10.3. The zero-order chi connectivity index (χ0) is 53.3. The Bertz CT molecular complexity index is 3100. The number of nitrogens with zero attached hydrogens (tertiary/aromatic N) is 6. The molecule has 380 valence electrons. The minimum absolute atomic E-state index is 0.0134. The second-order valence-electron chi connectivity index (χ2n) is 20.3. The van der Waals surface area contributed by atoms with Gasteiger partial charge in [0.05, 0.1) is 33.6 Å². The molecule has 0 atom stereocenters. The molecule has 4 aromatic rings. The van der Waals surface area contributed by atoms with Gasteiger partial charge >= 0.3 is 6.18 Å². The monoisotopic (exact) mass is 1060 g/mol. The number of anilines is 4. The number of alkyl halides is 3. The Morgan fingerprint density at radius 3 is 1.73 bits per heavy atom. The first-order valence-corrected chi connectivity index (χ1v) is 24.7.